The van der Waals surface area contributed by atoms with Gasteiger partial charge in [0.15, 0.2) is 0 Å². The van der Waals surface area contributed by atoms with E-state index in [0.29, 0.717) is 6.54 Å². The Balaban J connectivity index is 0.00000338. The van der Waals surface area contributed by atoms with E-state index in [2.05, 4.69) is 5.32 Å². The molecule has 148 valence electrons. The second-order valence-corrected chi connectivity index (χ2v) is 9.10. The van der Waals surface area contributed by atoms with Crippen LogP contribution in [0.4, 0.5) is 0 Å². The molecule has 0 aromatic heterocycles. The van der Waals surface area contributed by atoms with Crippen LogP contribution in [0.3, 0.4) is 0 Å². The lowest BCUT2D eigenvalue weighted by molar-refractivity contribution is -0.126. The molecule has 1 saturated carbocycles. The third kappa shape index (κ3) is 5.67. The predicted molar refractivity (Wildman–Crippen MR) is 106 cm³/mol. The number of nitrogens with zero attached hydrogens (tertiary/aromatic N) is 1. The van der Waals surface area contributed by atoms with Crippen molar-refractivity contribution in [3.05, 3.63) is 29.8 Å². The van der Waals surface area contributed by atoms with Crippen molar-refractivity contribution < 1.29 is 13.2 Å². The summed E-state index contributed by atoms with van der Waals surface area (Å²) in [5.74, 6) is 0.0227. The van der Waals surface area contributed by atoms with E-state index in [1.807, 2.05) is 13.8 Å². The first kappa shape index (κ1) is 22.9. The molecular weight excluding hydrogens is 374 g/mol. The topological polar surface area (TPSA) is 92.5 Å². The van der Waals surface area contributed by atoms with E-state index in [0.717, 1.165) is 31.2 Å². The highest BCUT2D eigenvalue weighted by molar-refractivity contribution is 7.89. The molecule has 1 aliphatic rings. The number of nitrogens with one attached hydrogen (secondary N) is 1. The van der Waals surface area contributed by atoms with Gasteiger partial charge in [-0.1, -0.05) is 18.6 Å². The Morgan fingerprint density at radius 1 is 1.27 bits per heavy atom. The summed E-state index contributed by atoms with van der Waals surface area (Å²) >= 11 is 0. The van der Waals surface area contributed by atoms with Gasteiger partial charge in [-0.05, 0) is 50.8 Å². The first-order chi connectivity index (χ1) is 11.7. The van der Waals surface area contributed by atoms with Crippen molar-refractivity contribution in [2.75, 3.05) is 7.05 Å². The van der Waals surface area contributed by atoms with Crippen LogP contribution in [-0.2, 0) is 21.4 Å². The molecule has 26 heavy (non-hydrogen) atoms. The molecule has 1 aliphatic carbocycles. The van der Waals surface area contributed by atoms with Crippen LogP contribution in [-0.4, -0.2) is 37.8 Å². The van der Waals surface area contributed by atoms with Crippen LogP contribution in [0.25, 0.3) is 0 Å². The normalized spacial score (nSPS) is 20.7. The molecule has 3 N–H and O–H groups in total. The van der Waals surface area contributed by atoms with Crippen LogP contribution < -0.4 is 11.1 Å². The van der Waals surface area contributed by atoms with E-state index in [9.17, 15) is 13.2 Å². The van der Waals surface area contributed by atoms with Crippen molar-refractivity contribution in [1.29, 1.82) is 0 Å². The minimum Gasteiger partial charge on any atom is -0.352 e. The van der Waals surface area contributed by atoms with E-state index < -0.39 is 10.0 Å². The van der Waals surface area contributed by atoms with Crippen LogP contribution in [0.2, 0.25) is 0 Å². The molecule has 6 nitrogen and oxygen atoms in total. The highest BCUT2D eigenvalue weighted by Gasteiger charge is 2.25. The first-order valence-electron chi connectivity index (χ1n) is 8.82. The summed E-state index contributed by atoms with van der Waals surface area (Å²) in [4.78, 5) is 12.5. The fraction of sp³-hybridized carbons (Fsp3) is 0.611. The zero-order valence-electron chi connectivity index (χ0n) is 15.6. The number of halogens is 1. The maximum Gasteiger partial charge on any atom is 0.243 e. The summed E-state index contributed by atoms with van der Waals surface area (Å²) in [6, 6.07) is 6.68. The van der Waals surface area contributed by atoms with Gasteiger partial charge in [-0.25, -0.2) is 8.42 Å². The van der Waals surface area contributed by atoms with E-state index in [1.54, 1.807) is 31.3 Å². The largest absolute Gasteiger partial charge is 0.352 e. The van der Waals surface area contributed by atoms with Gasteiger partial charge in [0.1, 0.15) is 0 Å². The number of rotatable bonds is 6. The zero-order valence-corrected chi connectivity index (χ0v) is 17.3. The number of hydrogen-bond donors (Lipinski definition) is 2. The Kier molecular flexibility index (Phi) is 8.53. The van der Waals surface area contributed by atoms with E-state index in [1.165, 1.54) is 4.31 Å². The summed E-state index contributed by atoms with van der Waals surface area (Å²) in [5.41, 5.74) is 6.81. The van der Waals surface area contributed by atoms with Crippen molar-refractivity contribution in [3.8, 4) is 0 Å². The molecular formula is C18H30ClN3O3S. The van der Waals surface area contributed by atoms with Gasteiger partial charge in [-0.3, -0.25) is 4.79 Å². The van der Waals surface area contributed by atoms with Gasteiger partial charge in [0.25, 0.3) is 0 Å². The summed E-state index contributed by atoms with van der Waals surface area (Å²) in [5, 5.41) is 2.93. The van der Waals surface area contributed by atoms with Crippen LogP contribution in [0.1, 0.15) is 45.1 Å². The lowest BCUT2D eigenvalue weighted by Gasteiger charge is -2.25. The van der Waals surface area contributed by atoms with Crippen LogP contribution in [0, 0.1) is 5.92 Å². The van der Waals surface area contributed by atoms with Crippen molar-refractivity contribution in [1.82, 2.24) is 9.62 Å². The summed E-state index contributed by atoms with van der Waals surface area (Å²) in [6.45, 7) is 4.06. The van der Waals surface area contributed by atoms with Crippen molar-refractivity contribution in [2.24, 2.45) is 11.7 Å². The Bertz CT molecular complexity index is 692. The third-order valence-electron chi connectivity index (χ3n) is 4.88. The maximum absolute atomic E-state index is 12.4. The molecule has 1 fully saturated rings. The molecule has 1 aromatic rings. The lowest BCUT2D eigenvalue weighted by Crippen LogP contribution is -2.37. The molecule has 2 atom stereocenters. The number of carbonyl (C=O) groups excluding carboxylic acids is 1. The van der Waals surface area contributed by atoms with Crippen LogP contribution in [0.5, 0.6) is 0 Å². The molecule has 2 rings (SSSR count). The summed E-state index contributed by atoms with van der Waals surface area (Å²) < 4.78 is 26.2. The van der Waals surface area contributed by atoms with E-state index >= 15 is 0 Å². The Morgan fingerprint density at radius 2 is 1.88 bits per heavy atom. The average molecular weight is 404 g/mol. The quantitative estimate of drug-likeness (QED) is 0.761. The molecule has 8 heteroatoms. The lowest BCUT2D eigenvalue weighted by atomic mass is 9.85. The van der Waals surface area contributed by atoms with Gasteiger partial charge in [-0.2, -0.15) is 4.31 Å². The number of amides is 1. The SMILES string of the molecule is CC(C)N(C)S(=O)(=O)c1ccc(CNC(=O)C2CCCC(N)C2)cc1.Cl. The number of carbonyl (C=O) groups is 1. The molecule has 1 aromatic carbocycles. The average Bonchev–Trinajstić information content (AvgIpc) is 2.59. The molecule has 0 saturated heterocycles. The molecule has 0 bridgehead atoms. The summed E-state index contributed by atoms with van der Waals surface area (Å²) in [6.07, 6.45) is 3.61. The second-order valence-electron chi connectivity index (χ2n) is 7.10. The van der Waals surface area contributed by atoms with E-state index in [-0.39, 0.29) is 41.2 Å². The maximum atomic E-state index is 12.4. The first-order valence-corrected chi connectivity index (χ1v) is 10.3. The molecule has 2 unspecified atom stereocenters. The van der Waals surface area contributed by atoms with Gasteiger partial charge in [-0.15, -0.1) is 12.4 Å². The molecule has 0 radical (unpaired) electrons. The Labute approximate surface area is 163 Å². The summed E-state index contributed by atoms with van der Waals surface area (Å²) in [7, 11) is -1.91. The number of benzene rings is 1. The zero-order chi connectivity index (χ0) is 18.6. The highest BCUT2D eigenvalue weighted by atomic mass is 35.5. The number of sulfonamides is 1. The van der Waals surface area contributed by atoms with Crippen molar-refractivity contribution in [2.45, 2.75) is 63.1 Å². The molecule has 0 aliphatic heterocycles. The van der Waals surface area contributed by atoms with Gasteiger partial charge in [0.2, 0.25) is 15.9 Å². The fourth-order valence-electron chi connectivity index (χ4n) is 3.02. The third-order valence-corrected chi connectivity index (χ3v) is 6.93. The van der Waals surface area contributed by atoms with Gasteiger partial charge >= 0.3 is 0 Å². The molecule has 0 spiro atoms. The standard InChI is InChI=1S/C18H29N3O3S.ClH/c1-13(2)21(3)25(23,24)17-9-7-14(8-10-17)12-20-18(22)15-5-4-6-16(19)11-15;/h7-10,13,15-16H,4-6,11-12,19H2,1-3H3,(H,20,22);1H. The minimum atomic E-state index is -3.48. The number of hydrogen-bond acceptors (Lipinski definition) is 4. The highest BCUT2D eigenvalue weighted by Crippen LogP contribution is 2.23. The van der Waals surface area contributed by atoms with Gasteiger partial charge < -0.3 is 11.1 Å². The van der Waals surface area contributed by atoms with Gasteiger partial charge in [0.05, 0.1) is 4.90 Å². The molecule has 0 heterocycles. The number of nitrogens with two attached hydrogens (primary N) is 1. The van der Waals surface area contributed by atoms with E-state index in [4.69, 9.17) is 5.73 Å². The molecule has 1 amide bonds. The Hall–Kier alpha value is -1.15. The smallest absolute Gasteiger partial charge is 0.243 e. The monoisotopic (exact) mass is 403 g/mol. The fourth-order valence-corrected chi connectivity index (χ4v) is 4.39. The van der Waals surface area contributed by atoms with Crippen LogP contribution >= 0.6 is 12.4 Å². The van der Waals surface area contributed by atoms with Crippen molar-refractivity contribution >= 4 is 28.3 Å². The Morgan fingerprint density at radius 3 is 2.42 bits per heavy atom. The van der Waals surface area contributed by atoms with Crippen LogP contribution in [0.15, 0.2) is 29.2 Å². The predicted octanol–water partition coefficient (Wildman–Crippen LogP) is 2.27. The van der Waals surface area contributed by atoms with Crippen molar-refractivity contribution in [3.63, 3.8) is 0 Å². The van der Waals surface area contributed by atoms with Gasteiger partial charge in [0, 0.05) is 31.6 Å². The second kappa shape index (κ2) is 9.69. The minimum absolute atomic E-state index is 0.